The molecule has 25 heavy (non-hydrogen) atoms. The summed E-state index contributed by atoms with van der Waals surface area (Å²) >= 11 is 0. The second-order valence-corrected chi connectivity index (χ2v) is 7.37. The minimum Gasteiger partial charge on any atom is -0.352 e. The summed E-state index contributed by atoms with van der Waals surface area (Å²) in [5.41, 5.74) is 1.11. The van der Waals surface area contributed by atoms with E-state index >= 15 is 0 Å². The number of amides is 1. The molecule has 142 valence electrons. The van der Waals surface area contributed by atoms with Gasteiger partial charge in [-0.3, -0.25) is 9.69 Å². The molecule has 2 fully saturated rings. The van der Waals surface area contributed by atoms with E-state index in [9.17, 15) is 4.79 Å². The molecule has 0 aliphatic carbocycles. The standard InChI is InChI=1S/C19H29N3O.2ClH/c1-19(10-6-11-20-15-19)18(23)21-17-9-5-12-22(14-17)13-16-7-3-2-4-8-16;;/h2-4,7-8,17,20H,5-6,9-15H2,1H3,(H,21,23);2*1H. The predicted molar refractivity (Wildman–Crippen MR) is 108 cm³/mol. The first-order valence-corrected chi connectivity index (χ1v) is 8.94. The number of halogens is 2. The number of rotatable bonds is 4. The maximum atomic E-state index is 12.7. The zero-order chi connectivity index (χ0) is 16.1. The molecule has 0 bridgehead atoms. The van der Waals surface area contributed by atoms with E-state index < -0.39 is 0 Å². The summed E-state index contributed by atoms with van der Waals surface area (Å²) in [4.78, 5) is 15.1. The van der Waals surface area contributed by atoms with E-state index in [2.05, 4.69) is 52.8 Å². The first-order chi connectivity index (χ1) is 11.2. The van der Waals surface area contributed by atoms with Gasteiger partial charge in [-0.15, -0.1) is 24.8 Å². The Balaban J connectivity index is 0.00000156. The molecule has 0 spiro atoms. The SMILES string of the molecule is CC1(C(=O)NC2CCCN(Cc3ccccc3)C2)CCCNC1.Cl.Cl. The summed E-state index contributed by atoms with van der Waals surface area (Å²) in [6, 6.07) is 10.9. The maximum absolute atomic E-state index is 12.7. The highest BCUT2D eigenvalue weighted by Gasteiger charge is 2.36. The topological polar surface area (TPSA) is 44.4 Å². The number of carbonyl (C=O) groups excluding carboxylic acids is 1. The minimum absolute atomic E-state index is 0. The van der Waals surface area contributed by atoms with E-state index in [1.807, 2.05) is 0 Å². The Morgan fingerprint density at radius 1 is 1.28 bits per heavy atom. The van der Waals surface area contributed by atoms with Crippen molar-refractivity contribution in [1.82, 2.24) is 15.5 Å². The van der Waals surface area contributed by atoms with E-state index in [4.69, 9.17) is 0 Å². The maximum Gasteiger partial charge on any atom is 0.227 e. The van der Waals surface area contributed by atoms with Crippen LogP contribution in [0.1, 0.15) is 38.2 Å². The van der Waals surface area contributed by atoms with Gasteiger partial charge in [-0.2, -0.15) is 0 Å². The molecular formula is C19H31Cl2N3O. The molecule has 2 aliphatic heterocycles. The van der Waals surface area contributed by atoms with Gasteiger partial charge in [-0.1, -0.05) is 30.3 Å². The fourth-order valence-corrected chi connectivity index (χ4v) is 3.77. The molecular weight excluding hydrogens is 357 g/mol. The zero-order valence-electron chi connectivity index (χ0n) is 15.0. The van der Waals surface area contributed by atoms with Gasteiger partial charge in [-0.25, -0.2) is 0 Å². The summed E-state index contributed by atoms with van der Waals surface area (Å²) in [5.74, 6) is 0.233. The molecule has 2 saturated heterocycles. The van der Waals surface area contributed by atoms with Gasteiger partial charge in [0.2, 0.25) is 5.91 Å². The van der Waals surface area contributed by atoms with Crippen LogP contribution >= 0.6 is 24.8 Å². The Labute approximate surface area is 163 Å². The lowest BCUT2D eigenvalue weighted by molar-refractivity contribution is -0.132. The van der Waals surface area contributed by atoms with Crippen LogP contribution in [0.5, 0.6) is 0 Å². The molecule has 2 unspecified atom stereocenters. The highest BCUT2D eigenvalue weighted by atomic mass is 35.5. The first-order valence-electron chi connectivity index (χ1n) is 8.94. The van der Waals surface area contributed by atoms with E-state index in [1.165, 1.54) is 5.56 Å². The molecule has 2 heterocycles. The van der Waals surface area contributed by atoms with Crippen LogP contribution in [0.4, 0.5) is 0 Å². The van der Waals surface area contributed by atoms with Crippen molar-refractivity contribution in [2.75, 3.05) is 26.2 Å². The Hall–Kier alpha value is -0.810. The summed E-state index contributed by atoms with van der Waals surface area (Å²) < 4.78 is 0. The summed E-state index contributed by atoms with van der Waals surface area (Å²) in [6.07, 6.45) is 4.34. The van der Waals surface area contributed by atoms with Crippen molar-refractivity contribution in [2.45, 2.75) is 45.2 Å². The first kappa shape index (κ1) is 22.2. The Bertz CT molecular complexity index is 521. The molecule has 3 rings (SSSR count). The largest absolute Gasteiger partial charge is 0.352 e. The number of carbonyl (C=O) groups is 1. The van der Waals surface area contributed by atoms with Gasteiger partial charge in [0.25, 0.3) is 0 Å². The van der Waals surface area contributed by atoms with Crippen molar-refractivity contribution < 1.29 is 4.79 Å². The molecule has 1 amide bonds. The van der Waals surface area contributed by atoms with Crippen molar-refractivity contribution in [2.24, 2.45) is 5.41 Å². The third kappa shape index (κ3) is 6.14. The molecule has 1 aromatic rings. The number of nitrogens with zero attached hydrogens (tertiary/aromatic N) is 1. The fraction of sp³-hybridized carbons (Fsp3) is 0.632. The highest BCUT2D eigenvalue weighted by molar-refractivity contribution is 5.85. The van der Waals surface area contributed by atoms with Gasteiger partial charge in [0.05, 0.1) is 5.41 Å². The Morgan fingerprint density at radius 3 is 2.72 bits per heavy atom. The van der Waals surface area contributed by atoms with Crippen molar-refractivity contribution >= 4 is 30.7 Å². The number of likely N-dealkylation sites (tertiary alicyclic amines) is 1. The summed E-state index contributed by atoms with van der Waals surface area (Å²) in [6.45, 7) is 7.01. The van der Waals surface area contributed by atoms with Crippen LogP contribution in [0.3, 0.4) is 0 Å². The van der Waals surface area contributed by atoms with Crippen molar-refractivity contribution in [3.8, 4) is 0 Å². The molecule has 0 saturated carbocycles. The molecule has 2 aliphatic rings. The van der Waals surface area contributed by atoms with Gasteiger partial charge in [0.1, 0.15) is 0 Å². The quantitative estimate of drug-likeness (QED) is 0.834. The second-order valence-electron chi connectivity index (χ2n) is 7.37. The van der Waals surface area contributed by atoms with Crippen LogP contribution in [0.25, 0.3) is 0 Å². The number of hydrogen-bond donors (Lipinski definition) is 2. The molecule has 0 aromatic heterocycles. The van der Waals surface area contributed by atoms with Crippen LogP contribution in [-0.4, -0.2) is 43.0 Å². The van der Waals surface area contributed by atoms with Crippen molar-refractivity contribution in [3.05, 3.63) is 35.9 Å². The van der Waals surface area contributed by atoms with Crippen LogP contribution in [0.2, 0.25) is 0 Å². The van der Waals surface area contributed by atoms with Crippen molar-refractivity contribution in [3.63, 3.8) is 0 Å². The lowest BCUT2D eigenvalue weighted by Crippen LogP contribution is -2.54. The van der Waals surface area contributed by atoms with Crippen LogP contribution in [0.15, 0.2) is 30.3 Å². The van der Waals surface area contributed by atoms with Crippen molar-refractivity contribution in [1.29, 1.82) is 0 Å². The molecule has 0 radical (unpaired) electrons. The van der Waals surface area contributed by atoms with Gasteiger partial charge in [-0.05, 0) is 51.3 Å². The van der Waals surface area contributed by atoms with Crippen LogP contribution in [-0.2, 0) is 11.3 Å². The van der Waals surface area contributed by atoms with Crippen LogP contribution in [0, 0.1) is 5.41 Å². The molecule has 6 heteroatoms. The number of benzene rings is 1. The smallest absolute Gasteiger partial charge is 0.227 e. The third-order valence-corrected chi connectivity index (χ3v) is 5.24. The monoisotopic (exact) mass is 387 g/mol. The number of piperidine rings is 2. The van der Waals surface area contributed by atoms with E-state index in [-0.39, 0.29) is 36.1 Å². The number of hydrogen-bond acceptors (Lipinski definition) is 3. The zero-order valence-corrected chi connectivity index (χ0v) is 16.6. The molecule has 2 N–H and O–H groups in total. The molecule has 2 atom stereocenters. The fourth-order valence-electron chi connectivity index (χ4n) is 3.77. The van der Waals surface area contributed by atoms with Gasteiger partial charge in [0, 0.05) is 25.7 Å². The summed E-state index contributed by atoms with van der Waals surface area (Å²) in [7, 11) is 0. The van der Waals surface area contributed by atoms with Gasteiger partial charge in [0.15, 0.2) is 0 Å². The lowest BCUT2D eigenvalue weighted by Gasteiger charge is -2.37. The average Bonchev–Trinajstić information content (AvgIpc) is 2.57. The molecule has 1 aromatic carbocycles. The lowest BCUT2D eigenvalue weighted by atomic mass is 9.81. The van der Waals surface area contributed by atoms with E-state index in [1.54, 1.807) is 0 Å². The third-order valence-electron chi connectivity index (χ3n) is 5.24. The predicted octanol–water partition coefficient (Wildman–Crippen LogP) is 3.00. The number of nitrogens with one attached hydrogen (secondary N) is 2. The minimum atomic E-state index is -0.236. The van der Waals surface area contributed by atoms with Crippen LogP contribution < -0.4 is 10.6 Å². The second kappa shape index (κ2) is 10.4. The van der Waals surface area contributed by atoms with Gasteiger partial charge >= 0.3 is 0 Å². The highest BCUT2D eigenvalue weighted by Crippen LogP contribution is 2.26. The van der Waals surface area contributed by atoms with E-state index in [0.29, 0.717) is 6.04 Å². The Kier molecular flexibility index (Phi) is 9.22. The molecule has 4 nitrogen and oxygen atoms in total. The average molecular weight is 388 g/mol. The van der Waals surface area contributed by atoms with E-state index in [0.717, 1.165) is 58.4 Å². The summed E-state index contributed by atoms with van der Waals surface area (Å²) in [5, 5.41) is 6.69. The normalized spacial score (nSPS) is 26.8. The Morgan fingerprint density at radius 2 is 2.04 bits per heavy atom. The van der Waals surface area contributed by atoms with Gasteiger partial charge < -0.3 is 10.6 Å².